The number of anilines is 2. The molecule has 1 aliphatic carbocycles. The highest BCUT2D eigenvalue weighted by Crippen LogP contribution is 2.51. The van der Waals surface area contributed by atoms with Crippen LogP contribution in [-0.2, 0) is 0 Å². The minimum atomic E-state index is -0.726. The molecule has 0 spiro atoms. The van der Waals surface area contributed by atoms with Crippen LogP contribution in [-0.4, -0.2) is 45.5 Å². The van der Waals surface area contributed by atoms with Crippen molar-refractivity contribution >= 4 is 33.2 Å². The highest BCUT2D eigenvalue weighted by Gasteiger charge is 2.51. The molecule has 2 aromatic heterocycles. The first-order valence-corrected chi connectivity index (χ1v) is 11.2. The van der Waals surface area contributed by atoms with E-state index in [-0.39, 0.29) is 0 Å². The second-order valence-corrected chi connectivity index (χ2v) is 8.30. The fourth-order valence-corrected chi connectivity index (χ4v) is 5.06. The number of nitrogens with one attached hydrogen (secondary N) is 2. The number of nitrogens with zero attached hydrogens (tertiary/aromatic N) is 2. The summed E-state index contributed by atoms with van der Waals surface area (Å²) in [7, 11) is 0. The van der Waals surface area contributed by atoms with Gasteiger partial charge in [0.25, 0.3) is 0 Å². The molecule has 2 heterocycles. The normalized spacial score (nSPS) is 22.6. The van der Waals surface area contributed by atoms with E-state index >= 15 is 0 Å². The third-order valence-electron chi connectivity index (χ3n) is 6.53. The van der Waals surface area contributed by atoms with Crippen LogP contribution in [0.5, 0.6) is 0 Å². The molecule has 1 saturated carbocycles. The quantitative estimate of drug-likeness (QED) is 0.367. The molecule has 0 bridgehead atoms. The van der Waals surface area contributed by atoms with Crippen LogP contribution in [0.1, 0.15) is 36.8 Å². The predicted octanol–water partition coefficient (Wildman–Crippen LogP) is 4.25. The van der Waals surface area contributed by atoms with E-state index in [2.05, 4.69) is 34.4 Å². The van der Waals surface area contributed by atoms with Crippen molar-refractivity contribution in [3.8, 4) is 0 Å². The topological polar surface area (TPSA) is 90.3 Å². The molecule has 1 aliphatic rings. The fourth-order valence-electron chi connectivity index (χ4n) is 5.06. The fraction of sp³-hybridized carbons (Fsp3) is 0.308. The first kappa shape index (κ1) is 20.7. The molecule has 1 fully saturated rings. The molecule has 4 N–H and O–H groups in total. The van der Waals surface area contributed by atoms with E-state index in [1.807, 2.05) is 48.5 Å². The lowest BCUT2D eigenvalue weighted by atomic mass is 9.62. The van der Waals surface area contributed by atoms with Crippen molar-refractivity contribution in [2.24, 2.45) is 0 Å². The Morgan fingerprint density at radius 3 is 1.53 bits per heavy atom. The van der Waals surface area contributed by atoms with E-state index in [0.29, 0.717) is 0 Å². The summed E-state index contributed by atoms with van der Waals surface area (Å²) < 4.78 is 0. The second kappa shape index (κ2) is 8.37. The second-order valence-electron chi connectivity index (χ2n) is 8.30. The highest BCUT2D eigenvalue weighted by atomic mass is 16.3. The molecular formula is C26H28N4O2. The van der Waals surface area contributed by atoms with Crippen LogP contribution in [0.3, 0.4) is 0 Å². The molecular weight excluding hydrogens is 400 g/mol. The predicted molar refractivity (Wildman–Crippen MR) is 129 cm³/mol. The maximum absolute atomic E-state index is 11.3. The Kier molecular flexibility index (Phi) is 5.41. The first-order valence-electron chi connectivity index (χ1n) is 11.2. The van der Waals surface area contributed by atoms with Crippen LogP contribution in [0, 0.1) is 0 Å². The van der Waals surface area contributed by atoms with Gasteiger partial charge >= 0.3 is 0 Å². The van der Waals surface area contributed by atoms with Crippen LogP contribution in [0.25, 0.3) is 21.8 Å². The summed E-state index contributed by atoms with van der Waals surface area (Å²) in [5, 5.41) is 31.3. The van der Waals surface area contributed by atoms with Gasteiger partial charge in [-0.25, -0.2) is 0 Å². The van der Waals surface area contributed by atoms with Gasteiger partial charge in [0.05, 0.1) is 23.2 Å². The molecule has 0 unspecified atom stereocenters. The van der Waals surface area contributed by atoms with Crippen LogP contribution >= 0.6 is 0 Å². The van der Waals surface area contributed by atoms with Crippen molar-refractivity contribution in [2.75, 3.05) is 23.7 Å². The molecule has 6 nitrogen and oxygen atoms in total. The number of benzene rings is 2. The Hall–Kier alpha value is -3.22. The Labute approximate surface area is 187 Å². The highest BCUT2D eigenvalue weighted by molar-refractivity contribution is 5.95. The van der Waals surface area contributed by atoms with Gasteiger partial charge in [-0.05, 0) is 61.4 Å². The molecule has 5 rings (SSSR count). The number of fused-ring (bicyclic) bond motifs is 2. The number of aliphatic hydroxyl groups excluding tert-OH is 2. The van der Waals surface area contributed by atoms with Crippen molar-refractivity contribution in [3.63, 3.8) is 0 Å². The minimum absolute atomic E-state index is 0.403. The molecule has 0 aliphatic heterocycles. The van der Waals surface area contributed by atoms with Gasteiger partial charge in [0, 0.05) is 59.5 Å². The largest absolute Gasteiger partial charge is 0.392 e. The number of rotatable bonds is 6. The Morgan fingerprint density at radius 2 is 1.12 bits per heavy atom. The third kappa shape index (κ3) is 3.18. The number of aliphatic hydroxyl groups is 2. The van der Waals surface area contributed by atoms with Gasteiger partial charge in [-0.3, -0.25) is 9.97 Å². The zero-order valence-electron chi connectivity index (χ0n) is 18.3. The zero-order valence-corrected chi connectivity index (χ0v) is 18.3. The van der Waals surface area contributed by atoms with Gasteiger partial charge in [-0.2, -0.15) is 0 Å². The number of pyridine rings is 2. The number of hydrogen-bond acceptors (Lipinski definition) is 6. The van der Waals surface area contributed by atoms with Crippen molar-refractivity contribution in [1.29, 1.82) is 0 Å². The van der Waals surface area contributed by atoms with Gasteiger partial charge in [-0.15, -0.1) is 0 Å². The molecule has 0 radical (unpaired) electrons. The smallest absolute Gasteiger partial charge is 0.0759 e. The first-order chi connectivity index (χ1) is 15.7. The van der Waals surface area contributed by atoms with Crippen LogP contribution < -0.4 is 10.6 Å². The summed E-state index contributed by atoms with van der Waals surface area (Å²) in [6.07, 6.45) is 2.06. The average molecular weight is 429 g/mol. The molecule has 32 heavy (non-hydrogen) atoms. The standard InChI is InChI=1S/C26H28N4O2/c1-3-27-19-11-9-17(23-15(19)7-5-13-29-23)21-25(31)22(26(21)32)18-10-12-20(28-4-2)16-8-6-14-30-24(16)18/h5-14,21-22,25-28,31-32H,3-4H2,1-2H3. The average Bonchev–Trinajstić information content (AvgIpc) is 2.82. The maximum Gasteiger partial charge on any atom is 0.0759 e. The van der Waals surface area contributed by atoms with E-state index in [9.17, 15) is 10.2 Å². The molecule has 0 amide bonds. The van der Waals surface area contributed by atoms with Gasteiger partial charge in [-0.1, -0.05) is 12.1 Å². The number of hydrogen-bond donors (Lipinski definition) is 4. The van der Waals surface area contributed by atoms with Gasteiger partial charge < -0.3 is 20.8 Å². The van der Waals surface area contributed by atoms with E-state index in [4.69, 9.17) is 0 Å². The Bertz CT molecular complexity index is 1170. The van der Waals surface area contributed by atoms with E-state index in [0.717, 1.165) is 57.4 Å². The summed E-state index contributed by atoms with van der Waals surface area (Å²) in [5.41, 5.74) is 5.40. The van der Waals surface area contributed by atoms with Crippen LogP contribution in [0.4, 0.5) is 11.4 Å². The van der Waals surface area contributed by atoms with Crippen molar-refractivity contribution in [2.45, 2.75) is 37.9 Å². The summed E-state index contributed by atoms with van der Waals surface area (Å²) in [6.45, 7) is 5.73. The van der Waals surface area contributed by atoms with Gasteiger partial charge in [0.1, 0.15) is 0 Å². The van der Waals surface area contributed by atoms with Crippen molar-refractivity contribution < 1.29 is 10.2 Å². The van der Waals surface area contributed by atoms with Crippen molar-refractivity contribution in [3.05, 3.63) is 72.1 Å². The molecule has 6 heteroatoms. The summed E-state index contributed by atoms with van der Waals surface area (Å²) in [4.78, 5) is 9.19. The molecule has 0 saturated heterocycles. The van der Waals surface area contributed by atoms with Crippen LogP contribution in [0.2, 0.25) is 0 Å². The lowest BCUT2D eigenvalue weighted by molar-refractivity contribution is -0.0776. The summed E-state index contributed by atoms with van der Waals surface area (Å²) in [6, 6.07) is 15.8. The van der Waals surface area contributed by atoms with Gasteiger partial charge in [0.15, 0.2) is 0 Å². The molecule has 0 atom stereocenters. The summed E-state index contributed by atoms with van der Waals surface area (Å²) in [5.74, 6) is -0.805. The summed E-state index contributed by atoms with van der Waals surface area (Å²) >= 11 is 0. The van der Waals surface area contributed by atoms with Crippen LogP contribution in [0.15, 0.2) is 60.9 Å². The van der Waals surface area contributed by atoms with E-state index < -0.39 is 24.0 Å². The lowest BCUT2D eigenvalue weighted by Crippen LogP contribution is -2.51. The van der Waals surface area contributed by atoms with Crippen molar-refractivity contribution in [1.82, 2.24) is 9.97 Å². The maximum atomic E-state index is 11.3. The Morgan fingerprint density at radius 1 is 0.688 bits per heavy atom. The lowest BCUT2D eigenvalue weighted by Gasteiger charge is -2.47. The minimum Gasteiger partial charge on any atom is -0.392 e. The van der Waals surface area contributed by atoms with E-state index in [1.54, 1.807) is 12.4 Å². The molecule has 4 aromatic rings. The SMILES string of the molecule is CCNc1ccc(C2C(O)C(c3ccc(NCC)c4cccnc34)C2O)c2ncccc12. The molecule has 164 valence electrons. The zero-order chi connectivity index (χ0) is 22.2. The third-order valence-corrected chi connectivity index (χ3v) is 6.53. The van der Waals surface area contributed by atoms with E-state index in [1.165, 1.54) is 0 Å². The van der Waals surface area contributed by atoms with Gasteiger partial charge in [0.2, 0.25) is 0 Å². The monoisotopic (exact) mass is 428 g/mol. The number of aromatic nitrogens is 2. The molecule has 2 aromatic carbocycles. The Balaban J connectivity index is 1.54.